The lowest BCUT2D eigenvalue weighted by Gasteiger charge is -2.38. The number of carbonyl (C=O) groups excluding carboxylic acids is 1. The van der Waals surface area contributed by atoms with E-state index in [0.717, 1.165) is 37.9 Å². The molecule has 0 saturated carbocycles. The molecule has 2 saturated heterocycles. The Hall–Kier alpha value is -3.19. The maximum Gasteiger partial charge on any atom is 0.267 e. The van der Waals surface area contributed by atoms with E-state index in [1.54, 1.807) is 0 Å². The fraction of sp³-hybridized carbons (Fsp3) is 0.526. The highest BCUT2D eigenvalue weighted by molar-refractivity contribution is 5.92. The van der Waals surface area contributed by atoms with Gasteiger partial charge in [-0.1, -0.05) is 0 Å². The van der Waals surface area contributed by atoms with Gasteiger partial charge in [-0.2, -0.15) is 15.3 Å². The average Bonchev–Trinajstić information content (AvgIpc) is 3.19. The van der Waals surface area contributed by atoms with Gasteiger partial charge in [0.25, 0.3) is 5.91 Å². The van der Waals surface area contributed by atoms with Crippen LogP contribution in [0.5, 0.6) is 0 Å². The summed E-state index contributed by atoms with van der Waals surface area (Å²) in [5.74, 6) is 0.831. The zero-order valence-corrected chi connectivity index (χ0v) is 16.4. The van der Waals surface area contributed by atoms with Crippen molar-refractivity contribution in [1.82, 2.24) is 25.1 Å². The molecule has 2 unspecified atom stereocenters. The first kappa shape index (κ1) is 19.1. The van der Waals surface area contributed by atoms with E-state index in [1.807, 2.05) is 13.0 Å². The molecule has 29 heavy (non-hydrogen) atoms. The topological polar surface area (TPSA) is 149 Å². The van der Waals surface area contributed by atoms with E-state index in [-0.39, 0.29) is 11.7 Å². The van der Waals surface area contributed by atoms with Gasteiger partial charge in [0.15, 0.2) is 5.82 Å². The molecule has 2 fully saturated rings. The zero-order chi connectivity index (χ0) is 20.4. The first-order valence-electron chi connectivity index (χ1n) is 9.89. The van der Waals surface area contributed by atoms with Gasteiger partial charge >= 0.3 is 0 Å². The van der Waals surface area contributed by atoms with Crippen LogP contribution in [0, 0.1) is 18.3 Å². The Bertz CT molecular complexity index is 920. The average molecular weight is 395 g/mol. The van der Waals surface area contributed by atoms with Crippen molar-refractivity contribution in [3.63, 3.8) is 0 Å². The standard InChI is InChI=1S/C19H25N9O/c1-11-7-17(27-26-11)24-16-10-15(18(21)29)23-19(25-16)22-12-8-13-3-4-14(9-12)28(13)6-2-5-20/h7,10,12-14H,2-4,6,8-9H2,1H3,(H2,21,29)(H3,22,23,24,25,26,27). The largest absolute Gasteiger partial charge is 0.364 e. The van der Waals surface area contributed by atoms with Gasteiger partial charge in [-0.25, -0.2) is 4.98 Å². The van der Waals surface area contributed by atoms with Gasteiger partial charge < -0.3 is 16.4 Å². The Kier molecular flexibility index (Phi) is 5.31. The first-order valence-corrected chi connectivity index (χ1v) is 9.89. The van der Waals surface area contributed by atoms with E-state index in [4.69, 9.17) is 11.0 Å². The van der Waals surface area contributed by atoms with Crippen molar-refractivity contribution < 1.29 is 4.79 Å². The molecule has 2 aliphatic rings. The molecule has 0 aliphatic carbocycles. The van der Waals surface area contributed by atoms with E-state index in [0.29, 0.717) is 36.1 Å². The third-order valence-corrected chi connectivity index (χ3v) is 5.64. The summed E-state index contributed by atoms with van der Waals surface area (Å²) in [6, 6.07) is 6.77. The van der Waals surface area contributed by atoms with Crippen LogP contribution in [0.4, 0.5) is 17.6 Å². The van der Waals surface area contributed by atoms with E-state index >= 15 is 0 Å². The molecule has 2 aromatic heterocycles. The lowest BCUT2D eigenvalue weighted by molar-refractivity contribution is 0.0995. The Balaban J connectivity index is 1.48. The summed E-state index contributed by atoms with van der Waals surface area (Å²) in [6.07, 6.45) is 4.81. The lowest BCUT2D eigenvalue weighted by atomic mass is 9.97. The normalized spacial score (nSPS) is 23.5. The molecule has 0 aromatic carbocycles. The molecule has 5 N–H and O–H groups in total. The van der Waals surface area contributed by atoms with E-state index < -0.39 is 5.91 Å². The van der Waals surface area contributed by atoms with Crippen LogP contribution in [-0.2, 0) is 0 Å². The number of nitriles is 1. The van der Waals surface area contributed by atoms with Crippen LogP contribution in [0.25, 0.3) is 0 Å². The second kappa shape index (κ2) is 8.05. The van der Waals surface area contributed by atoms with E-state index in [1.165, 1.54) is 6.07 Å². The number of nitrogens with zero attached hydrogens (tertiary/aromatic N) is 5. The Morgan fingerprint density at radius 1 is 1.31 bits per heavy atom. The van der Waals surface area contributed by atoms with Gasteiger partial charge in [-0.15, -0.1) is 0 Å². The number of rotatable bonds is 7. The van der Waals surface area contributed by atoms with Gasteiger partial charge in [-0.05, 0) is 32.6 Å². The minimum absolute atomic E-state index is 0.145. The fourth-order valence-electron chi connectivity index (χ4n) is 4.43. The van der Waals surface area contributed by atoms with Gasteiger partial charge in [0.2, 0.25) is 5.95 Å². The molecule has 10 nitrogen and oxygen atoms in total. The Morgan fingerprint density at radius 3 is 2.69 bits per heavy atom. The van der Waals surface area contributed by atoms with Crippen molar-refractivity contribution in [3.05, 3.63) is 23.5 Å². The number of piperidine rings is 1. The molecule has 2 aliphatic heterocycles. The van der Waals surface area contributed by atoms with Gasteiger partial charge in [0.1, 0.15) is 11.5 Å². The SMILES string of the molecule is Cc1cc(Nc2cc(C(N)=O)nc(NC3CC4CCC(C3)N4CCC#N)n2)n[nH]1. The molecule has 10 heteroatoms. The number of carbonyl (C=O) groups is 1. The number of aromatic amines is 1. The van der Waals surface area contributed by atoms with Crippen molar-refractivity contribution in [3.8, 4) is 6.07 Å². The van der Waals surface area contributed by atoms with Crippen LogP contribution in [0.3, 0.4) is 0 Å². The summed E-state index contributed by atoms with van der Waals surface area (Å²) in [4.78, 5) is 23.0. The number of primary amides is 1. The van der Waals surface area contributed by atoms with Crippen LogP contribution in [0.1, 0.15) is 48.3 Å². The number of fused-ring (bicyclic) bond motifs is 2. The van der Waals surface area contributed by atoms with Crippen molar-refractivity contribution in [1.29, 1.82) is 5.26 Å². The van der Waals surface area contributed by atoms with Crippen molar-refractivity contribution in [2.45, 2.75) is 57.2 Å². The maximum absolute atomic E-state index is 11.7. The molecule has 4 heterocycles. The second-order valence-corrected chi connectivity index (χ2v) is 7.73. The molecule has 2 bridgehead atoms. The summed E-state index contributed by atoms with van der Waals surface area (Å²) in [5, 5.41) is 22.3. The summed E-state index contributed by atoms with van der Waals surface area (Å²) < 4.78 is 0. The quantitative estimate of drug-likeness (QED) is 0.553. The van der Waals surface area contributed by atoms with Gasteiger partial charge in [0, 0.05) is 48.9 Å². The molecule has 0 spiro atoms. The predicted octanol–water partition coefficient (Wildman–Crippen LogP) is 1.67. The number of aromatic nitrogens is 4. The minimum atomic E-state index is -0.608. The predicted molar refractivity (Wildman–Crippen MR) is 108 cm³/mol. The van der Waals surface area contributed by atoms with Crippen molar-refractivity contribution >= 4 is 23.5 Å². The molecule has 2 aromatic rings. The summed E-state index contributed by atoms with van der Waals surface area (Å²) in [5.41, 5.74) is 6.52. The highest BCUT2D eigenvalue weighted by Crippen LogP contribution is 2.36. The van der Waals surface area contributed by atoms with E-state index in [2.05, 4.69) is 41.8 Å². The second-order valence-electron chi connectivity index (χ2n) is 7.73. The van der Waals surface area contributed by atoms with Crippen LogP contribution in [0.2, 0.25) is 0 Å². The maximum atomic E-state index is 11.7. The van der Waals surface area contributed by atoms with Gasteiger partial charge in [0.05, 0.1) is 6.07 Å². The van der Waals surface area contributed by atoms with Crippen LogP contribution >= 0.6 is 0 Å². The number of H-pyrrole nitrogens is 1. The number of hydrogen-bond acceptors (Lipinski definition) is 8. The summed E-state index contributed by atoms with van der Waals surface area (Å²) >= 11 is 0. The number of amides is 1. The monoisotopic (exact) mass is 395 g/mol. The highest BCUT2D eigenvalue weighted by atomic mass is 16.1. The number of nitrogens with two attached hydrogens (primary N) is 1. The zero-order valence-electron chi connectivity index (χ0n) is 16.4. The minimum Gasteiger partial charge on any atom is -0.364 e. The van der Waals surface area contributed by atoms with Crippen molar-refractivity contribution in [2.24, 2.45) is 5.73 Å². The van der Waals surface area contributed by atoms with E-state index in [9.17, 15) is 4.79 Å². The number of aryl methyl sites for hydroxylation is 1. The number of hydrogen-bond donors (Lipinski definition) is 4. The fourth-order valence-corrected chi connectivity index (χ4v) is 4.43. The molecule has 0 radical (unpaired) electrons. The highest BCUT2D eigenvalue weighted by Gasteiger charge is 2.40. The van der Waals surface area contributed by atoms with Crippen LogP contribution in [0.15, 0.2) is 12.1 Å². The van der Waals surface area contributed by atoms with Crippen molar-refractivity contribution in [2.75, 3.05) is 17.2 Å². The smallest absolute Gasteiger partial charge is 0.267 e. The number of nitrogens with one attached hydrogen (secondary N) is 3. The third-order valence-electron chi connectivity index (χ3n) is 5.64. The summed E-state index contributed by atoms with van der Waals surface area (Å²) in [7, 11) is 0. The molecule has 4 rings (SSSR count). The molecule has 1 amide bonds. The first-order chi connectivity index (χ1) is 14.0. The molecule has 2 atom stereocenters. The summed E-state index contributed by atoms with van der Waals surface area (Å²) in [6.45, 7) is 2.74. The molecular formula is C19H25N9O. The third kappa shape index (κ3) is 4.30. The van der Waals surface area contributed by atoms with Crippen LogP contribution in [-0.4, -0.2) is 55.6 Å². The molecule has 152 valence electrons. The van der Waals surface area contributed by atoms with Gasteiger partial charge in [-0.3, -0.25) is 14.8 Å². The molecular weight excluding hydrogens is 370 g/mol. The number of anilines is 3. The van der Waals surface area contributed by atoms with Crippen LogP contribution < -0.4 is 16.4 Å². The Labute approximate surface area is 168 Å². The lowest BCUT2D eigenvalue weighted by Crippen LogP contribution is -2.47. The Morgan fingerprint density at radius 2 is 2.07 bits per heavy atom.